The molecule has 1 aliphatic heterocycles. The number of fused-ring (bicyclic) bond motifs is 1. The molecule has 1 unspecified atom stereocenters. The lowest BCUT2D eigenvalue weighted by molar-refractivity contribution is -0.121. The van der Waals surface area contributed by atoms with Crippen LogP contribution in [0.15, 0.2) is 97.1 Å². The molecule has 1 atom stereocenters. The normalized spacial score (nSPS) is 16.2. The van der Waals surface area contributed by atoms with Gasteiger partial charge in [-0.25, -0.2) is 9.59 Å². The molecule has 0 spiro atoms. The zero-order valence-corrected chi connectivity index (χ0v) is 21.4. The SMILES string of the molecule is COC(=O)c1c(CC2(c3ccccc3)C(=O)N(C)c3ccccc32)ccc(-c2ccccc2)c1C(=O)OC. The maximum atomic E-state index is 14.1. The molecule has 0 saturated carbocycles. The molecule has 0 aliphatic carbocycles. The predicted octanol–water partition coefficient (Wildman–Crippen LogP) is 5.43. The molecule has 190 valence electrons. The molecule has 0 N–H and O–H groups in total. The molecule has 4 aromatic carbocycles. The van der Waals surface area contributed by atoms with Crippen LogP contribution in [0.2, 0.25) is 0 Å². The number of esters is 2. The fourth-order valence-corrected chi connectivity index (χ4v) is 5.50. The number of hydrogen-bond donors (Lipinski definition) is 0. The number of hydrogen-bond acceptors (Lipinski definition) is 5. The van der Waals surface area contributed by atoms with Crippen molar-refractivity contribution in [3.05, 3.63) is 125 Å². The van der Waals surface area contributed by atoms with Crippen LogP contribution in [-0.2, 0) is 26.1 Å². The van der Waals surface area contributed by atoms with Gasteiger partial charge >= 0.3 is 11.9 Å². The van der Waals surface area contributed by atoms with E-state index in [-0.39, 0.29) is 23.5 Å². The molecule has 6 nitrogen and oxygen atoms in total. The van der Waals surface area contributed by atoms with E-state index in [1.165, 1.54) is 14.2 Å². The van der Waals surface area contributed by atoms with Crippen LogP contribution in [0.4, 0.5) is 5.69 Å². The first-order valence-corrected chi connectivity index (χ1v) is 12.2. The average molecular weight is 506 g/mol. The number of ether oxygens (including phenoxy) is 2. The summed E-state index contributed by atoms with van der Waals surface area (Å²) in [7, 11) is 4.31. The maximum Gasteiger partial charge on any atom is 0.339 e. The lowest BCUT2D eigenvalue weighted by Gasteiger charge is -2.30. The van der Waals surface area contributed by atoms with Crippen LogP contribution in [0.5, 0.6) is 0 Å². The third-order valence-electron chi connectivity index (χ3n) is 7.27. The fraction of sp³-hybridized carbons (Fsp3) is 0.156. The summed E-state index contributed by atoms with van der Waals surface area (Å²) in [6, 6.07) is 30.1. The Morgan fingerprint density at radius 3 is 1.97 bits per heavy atom. The van der Waals surface area contributed by atoms with E-state index in [2.05, 4.69) is 0 Å². The van der Waals surface area contributed by atoms with Crippen molar-refractivity contribution in [3.8, 4) is 11.1 Å². The zero-order valence-electron chi connectivity index (χ0n) is 21.4. The largest absolute Gasteiger partial charge is 0.465 e. The summed E-state index contributed by atoms with van der Waals surface area (Å²) < 4.78 is 10.3. The molecule has 6 heteroatoms. The highest BCUT2D eigenvalue weighted by molar-refractivity contribution is 6.12. The van der Waals surface area contributed by atoms with E-state index >= 15 is 0 Å². The van der Waals surface area contributed by atoms with E-state index < -0.39 is 17.4 Å². The molecule has 1 aliphatic rings. The summed E-state index contributed by atoms with van der Waals surface area (Å²) in [4.78, 5) is 42.3. The first-order valence-electron chi connectivity index (χ1n) is 12.2. The number of anilines is 1. The Balaban J connectivity index is 1.81. The van der Waals surface area contributed by atoms with E-state index in [1.807, 2.05) is 84.9 Å². The number of nitrogens with zero attached hydrogens (tertiary/aromatic N) is 1. The third-order valence-corrected chi connectivity index (χ3v) is 7.27. The van der Waals surface area contributed by atoms with Gasteiger partial charge in [0.05, 0.1) is 25.3 Å². The number of rotatable bonds is 6. The molecular formula is C32H27NO5. The second-order valence-corrected chi connectivity index (χ2v) is 9.20. The third kappa shape index (κ3) is 3.86. The Labute approximate surface area is 221 Å². The first kappa shape index (κ1) is 25.0. The lowest BCUT2D eigenvalue weighted by atomic mass is 9.70. The molecule has 0 aromatic heterocycles. The van der Waals surface area contributed by atoms with Gasteiger partial charge in [-0.15, -0.1) is 0 Å². The Morgan fingerprint density at radius 1 is 0.737 bits per heavy atom. The van der Waals surface area contributed by atoms with Crippen molar-refractivity contribution >= 4 is 23.5 Å². The molecule has 0 fully saturated rings. The fourth-order valence-electron chi connectivity index (χ4n) is 5.50. The highest BCUT2D eigenvalue weighted by Crippen LogP contribution is 2.48. The molecule has 0 radical (unpaired) electrons. The van der Waals surface area contributed by atoms with Gasteiger partial charge in [-0.05, 0) is 40.3 Å². The monoisotopic (exact) mass is 505 g/mol. The van der Waals surface area contributed by atoms with Crippen LogP contribution >= 0.6 is 0 Å². The summed E-state index contributed by atoms with van der Waals surface area (Å²) >= 11 is 0. The van der Waals surface area contributed by atoms with Crippen molar-refractivity contribution in [3.63, 3.8) is 0 Å². The smallest absolute Gasteiger partial charge is 0.339 e. The standard InChI is InChI=1S/C32H27NO5/c1-33-26-17-11-10-16-25(26)32(31(33)36,23-14-8-5-9-15-23)20-22-18-19-24(21-12-6-4-7-13-21)28(30(35)38-3)27(22)29(34)37-2/h4-19H,20H2,1-3H3. The van der Waals surface area contributed by atoms with Crippen LogP contribution in [0.1, 0.15) is 37.4 Å². The molecule has 38 heavy (non-hydrogen) atoms. The van der Waals surface area contributed by atoms with Gasteiger partial charge in [0.1, 0.15) is 5.41 Å². The van der Waals surface area contributed by atoms with Crippen LogP contribution in [0.25, 0.3) is 11.1 Å². The van der Waals surface area contributed by atoms with E-state index in [1.54, 1.807) is 24.1 Å². The molecule has 1 amide bonds. The van der Waals surface area contributed by atoms with Crippen LogP contribution in [-0.4, -0.2) is 39.1 Å². The number of carbonyl (C=O) groups excluding carboxylic acids is 3. The number of carbonyl (C=O) groups is 3. The quantitative estimate of drug-likeness (QED) is 0.327. The second-order valence-electron chi connectivity index (χ2n) is 9.20. The second kappa shape index (κ2) is 9.98. The Kier molecular flexibility index (Phi) is 6.55. The van der Waals surface area contributed by atoms with Gasteiger partial charge in [-0.1, -0.05) is 91.0 Å². The number of benzene rings is 4. The van der Waals surface area contributed by atoms with Gasteiger partial charge in [0.25, 0.3) is 0 Å². The summed E-state index contributed by atoms with van der Waals surface area (Å²) in [6.45, 7) is 0. The molecule has 4 aromatic rings. The summed E-state index contributed by atoms with van der Waals surface area (Å²) in [5.41, 5.74) is 3.33. The van der Waals surface area contributed by atoms with Crippen molar-refractivity contribution in [2.24, 2.45) is 0 Å². The van der Waals surface area contributed by atoms with Crippen LogP contribution in [0, 0.1) is 0 Å². The Morgan fingerprint density at radius 2 is 1.32 bits per heavy atom. The van der Waals surface area contributed by atoms with E-state index in [4.69, 9.17) is 9.47 Å². The minimum Gasteiger partial charge on any atom is -0.465 e. The zero-order chi connectivity index (χ0) is 26.9. The lowest BCUT2D eigenvalue weighted by Crippen LogP contribution is -2.42. The molecule has 0 bridgehead atoms. The van der Waals surface area contributed by atoms with Crippen molar-refractivity contribution < 1.29 is 23.9 Å². The van der Waals surface area contributed by atoms with E-state index in [0.29, 0.717) is 11.1 Å². The Bertz CT molecular complexity index is 1530. The van der Waals surface area contributed by atoms with Gasteiger partial charge in [0.15, 0.2) is 0 Å². The predicted molar refractivity (Wildman–Crippen MR) is 145 cm³/mol. The average Bonchev–Trinajstić information content (AvgIpc) is 3.19. The van der Waals surface area contributed by atoms with E-state index in [0.717, 1.165) is 22.4 Å². The van der Waals surface area contributed by atoms with Crippen molar-refractivity contribution in [2.75, 3.05) is 26.2 Å². The highest BCUT2D eigenvalue weighted by Gasteiger charge is 2.51. The number of para-hydroxylation sites is 1. The number of methoxy groups -OCH3 is 2. The highest BCUT2D eigenvalue weighted by atomic mass is 16.5. The van der Waals surface area contributed by atoms with Gasteiger partial charge in [-0.3, -0.25) is 4.79 Å². The van der Waals surface area contributed by atoms with Crippen molar-refractivity contribution in [2.45, 2.75) is 11.8 Å². The summed E-state index contributed by atoms with van der Waals surface area (Å²) in [6.07, 6.45) is 0.140. The first-order chi connectivity index (χ1) is 18.4. The molecule has 1 heterocycles. The number of amides is 1. The minimum atomic E-state index is -1.11. The van der Waals surface area contributed by atoms with Crippen molar-refractivity contribution in [1.82, 2.24) is 0 Å². The van der Waals surface area contributed by atoms with Gasteiger partial charge < -0.3 is 14.4 Å². The van der Waals surface area contributed by atoms with Crippen LogP contribution in [0.3, 0.4) is 0 Å². The maximum absolute atomic E-state index is 14.1. The number of likely N-dealkylation sites (N-methyl/N-ethyl adjacent to an activating group) is 1. The van der Waals surface area contributed by atoms with E-state index in [9.17, 15) is 14.4 Å². The van der Waals surface area contributed by atoms with Crippen molar-refractivity contribution in [1.29, 1.82) is 0 Å². The van der Waals surface area contributed by atoms with Gasteiger partial charge in [0, 0.05) is 12.7 Å². The minimum absolute atomic E-state index is 0.0934. The molecular weight excluding hydrogens is 478 g/mol. The molecule has 0 saturated heterocycles. The van der Waals surface area contributed by atoms with Crippen LogP contribution < -0.4 is 4.90 Å². The Hall–Kier alpha value is -4.71. The van der Waals surface area contributed by atoms with Gasteiger partial charge in [-0.2, -0.15) is 0 Å². The molecule has 5 rings (SSSR count). The summed E-state index contributed by atoms with van der Waals surface area (Å²) in [5.74, 6) is -1.45. The summed E-state index contributed by atoms with van der Waals surface area (Å²) in [5, 5.41) is 0. The topological polar surface area (TPSA) is 72.9 Å². The van der Waals surface area contributed by atoms with Gasteiger partial charge in [0.2, 0.25) is 5.91 Å².